The Balaban J connectivity index is 1.44. The SMILES string of the molecule is O=C1CCCCCN1CC(=O)N1CCCC[C@H]1c1ncc(Cc2ccc(Cl)cc2)o1. The highest BCUT2D eigenvalue weighted by molar-refractivity contribution is 6.30. The van der Waals surface area contributed by atoms with Gasteiger partial charge in [-0.3, -0.25) is 9.59 Å². The number of oxazole rings is 1. The molecule has 2 aromatic rings. The number of benzene rings is 1. The maximum atomic E-state index is 13.1. The molecule has 0 aliphatic carbocycles. The number of piperidine rings is 1. The van der Waals surface area contributed by atoms with E-state index in [-0.39, 0.29) is 24.4 Å². The first kappa shape index (κ1) is 20.9. The lowest BCUT2D eigenvalue weighted by Crippen LogP contribution is -2.46. The summed E-state index contributed by atoms with van der Waals surface area (Å²) < 4.78 is 6.05. The topological polar surface area (TPSA) is 66.7 Å². The molecule has 6 nitrogen and oxygen atoms in total. The van der Waals surface area contributed by atoms with Crippen LogP contribution < -0.4 is 0 Å². The van der Waals surface area contributed by atoms with Crippen LogP contribution in [0.5, 0.6) is 0 Å². The molecular formula is C23H28ClN3O3. The second-order valence-corrected chi connectivity index (χ2v) is 8.63. The van der Waals surface area contributed by atoms with E-state index in [1.54, 1.807) is 11.1 Å². The fourth-order valence-electron chi connectivity index (χ4n) is 4.31. The van der Waals surface area contributed by atoms with E-state index in [0.717, 1.165) is 49.8 Å². The van der Waals surface area contributed by atoms with Gasteiger partial charge in [0.1, 0.15) is 11.8 Å². The van der Waals surface area contributed by atoms with Crippen molar-refractivity contribution in [2.24, 2.45) is 0 Å². The average molecular weight is 430 g/mol. The maximum absolute atomic E-state index is 13.1. The highest BCUT2D eigenvalue weighted by atomic mass is 35.5. The largest absolute Gasteiger partial charge is 0.443 e. The lowest BCUT2D eigenvalue weighted by molar-refractivity contribution is -0.143. The van der Waals surface area contributed by atoms with E-state index >= 15 is 0 Å². The minimum atomic E-state index is -0.160. The molecule has 1 atom stereocenters. The van der Waals surface area contributed by atoms with Crippen molar-refractivity contribution in [1.29, 1.82) is 0 Å². The Kier molecular flexibility index (Phi) is 6.72. The molecule has 0 spiro atoms. The summed E-state index contributed by atoms with van der Waals surface area (Å²) in [7, 11) is 0. The van der Waals surface area contributed by atoms with Crippen molar-refractivity contribution in [1.82, 2.24) is 14.8 Å². The molecule has 3 heterocycles. The van der Waals surface area contributed by atoms with Crippen molar-refractivity contribution in [2.75, 3.05) is 19.6 Å². The molecule has 0 radical (unpaired) electrons. The van der Waals surface area contributed by atoms with E-state index in [4.69, 9.17) is 16.0 Å². The number of halogens is 1. The Hall–Kier alpha value is -2.34. The summed E-state index contributed by atoms with van der Waals surface area (Å²) in [5.74, 6) is 1.45. The van der Waals surface area contributed by atoms with E-state index in [1.807, 2.05) is 29.2 Å². The van der Waals surface area contributed by atoms with Crippen LogP contribution in [-0.4, -0.2) is 46.2 Å². The van der Waals surface area contributed by atoms with Crippen LogP contribution in [0.3, 0.4) is 0 Å². The van der Waals surface area contributed by atoms with E-state index in [2.05, 4.69) is 4.98 Å². The molecular weight excluding hydrogens is 402 g/mol. The van der Waals surface area contributed by atoms with Crippen LogP contribution in [0.15, 0.2) is 34.9 Å². The van der Waals surface area contributed by atoms with Gasteiger partial charge >= 0.3 is 0 Å². The molecule has 2 fully saturated rings. The van der Waals surface area contributed by atoms with Crippen LogP contribution >= 0.6 is 11.6 Å². The van der Waals surface area contributed by atoms with Gasteiger partial charge in [0.05, 0.1) is 12.7 Å². The van der Waals surface area contributed by atoms with Gasteiger partial charge in [-0.2, -0.15) is 0 Å². The van der Waals surface area contributed by atoms with Crippen molar-refractivity contribution in [3.05, 3.63) is 52.7 Å². The van der Waals surface area contributed by atoms with Crippen LogP contribution in [0, 0.1) is 0 Å². The van der Waals surface area contributed by atoms with Crippen LogP contribution in [0.25, 0.3) is 0 Å². The Morgan fingerprint density at radius 1 is 1.10 bits per heavy atom. The van der Waals surface area contributed by atoms with E-state index < -0.39 is 0 Å². The van der Waals surface area contributed by atoms with Crippen molar-refractivity contribution < 1.29 is 14.0 Å². The van der Waals surface area contributed by atoms with Crippen LogP contribution in [0.4, 0.5) is 0 Å². The highest BCUT2D eigenvalue weighted by Crippen LogP contribution is 2.31. The first-order valence-corrected chi connectivity index (χ1v) is 11.2. The number of hydrogen-bond acceptors (Lipinski definition) is 4. The smallest absolute Gasteiger partial charge is 0.242 e. The first-order valence-electron chi connectivity index (χ1n) is 10.9. The summed E-state index contributed by atoms with van der Waals surface area (Å²) in [6.45, 7) is 1.52. The molecule has 2 saturated heterocycles. The Bertz CT molecular complexity index is 880. The fourth-order valence-corrected chi connectivity index (χ4v) is 4.43. The number of rotatable bonds is 5. The Morgan fingerprint density at radius 3 is 2.73 bits per heavy atom. The van der Waals surface area contributed by atoms with E-state index in [0.29, 0.717) is 36.8 Å². The second kappa shape index (κ2) is 9.65. The molecule has 0 unspecified atom stereocenters. The van der Waals surface area contributed by atoms with Crippen molar-refractivity contribution in [3.8, 4) is 0 Å². The molecule has 0 N–H and O–H groups in total. The molecule has 2 amide bonds. The van der Waals surface area contributed by atoms with Gasteiger partial charge in [0, 0.05) is 31.0 Å². The normalized spacial score (nSPS) is 20.3. The quantitative estimate of drug-likeness (QED) is 0.707. The number of carbonyl (C=O) groups excluding carboxylic acids is 2. The lowest BCUT2D eigenvalue weighted by atomic mass is 10.0. The van der Waals surface area contributed by atoms with Gasteiger partial charge in [0.15, 0.2) is 0 Å². The molecule has 1 aromatic heterocycles. The molecule has 30 heavy (non-hydrogen) atoms. The summed E-state index contributed by atoms with van der Waals surface area (Å²) in [6.07, 6.45) is 8.70. The number of amides is 2. The van der Waals surface area contributed by atoms with Crippen LogP contribution in [0.1, 0.15) is 68.2 Å². The van der Waals surface area contributed by atoms with Crippen LogP contribution in [0.2, 0.25) is 5.02 Å². The molecule has 0 saturated carbocycles. The van der Waals surface area contributed by atoms with Crippen molar-refractivity contribution in [3.63, 3.8) is 0 Å². The van der Waals surface area contributed by atoms with Gasteiger partial charge in [-0.15, -0.1) is 0 Å². The third-order valence-corrected chi connectivity index (χ3v) is 6.22. The number of carbonyl (C=O) groups is 2. The third-order valence-electron chi connectivity index (χ3n) is 5.97. The van der Waals surface area contributed by atoms with Crippen molar-refractivity contribution >= 4 is 23.4 Å². The van der Waals surface area contributed by atoms with Gasteiger partial charge in [-0.05, 0) is 49.8 Å². The first-order chi connectivity index (χ1) is 14.6. The molecule has 2 aliphatic heterocycles. The monoisotopic (exact) mass is 429 g/mol. The van der Waals surface area contributed by atoms with E-state index in [9.17, 15) is 9.59 Å². The molecule has 2 aliphatic rings. The summed E-state index contributed by atoms with van der Waals surface area (Å²) in [5, 5.41) is 0.705. The Labute approximate surface area is 182 Å². The standard InChI is InChI=1S/C23H28ClN3O3/c24-18-10-8-17(9-11-18)14-19-15-25-23(30-19)20-6-3-5-13-27(20)22(29)16-26-12-4-1-2-7-21(26)28/h8-11,15,20H,1-7,12-14,16H2/t20-/m0/s1. The Morgan fingerprint density at radius 2 is 1.90 bits per heavy atom. The minimum absolute atomic E-state index is 0.00704. The molecule has 160 valence electrons. The van der Waals surface area contributed by atoms with Gasteiger partial charge in [-0.25, -0.2) is 4.98 Å². The van der Waals surface area contributed by atoms with Gasteiger partial charge in [0.25, 0.3) is 0 Å². The molecule has 4 rings (SSSR count). The number of likely N-dealkylation sites (tertiary alicyclic amines) is 2. The predicted octanol–water partition coefficient (Wildman–Crippen LogP) is 4.38. The van der Waals surface area contributed by atoms with Gasteiger partial charge in [-0.1, -0.05) is 30.2 Å². The van der Waals surface area contributed by atoms with Crippen molar-refractivity contribution in [2.45, 2.75) is 57.4 Å². The zero-order valence-corrected chi connectivity index (χ0v) is 17.9. The molecule has 7 heteroatoms. The summed E-state index contributed by atoms with van der Waals surface area (Å²) in [5.41, 5.74) is 1.10. The lowest BCUT2D eigenvalue weighted by Gasteiger charge is -2.35. The summed E-state index contributed by atoms with van der Waals surface area (Å²) >= 11 is 5.96. The predicted molar refractivity (Wildman–Crippen MR) is 114 cm³/mol. The maximum Gasteiger partial charge on any atom is 0.242 e. The zero-order chi connectivity index (χ0) is 20.9. The number of hydrogen-bond donors (Lipinski definition) is 0. The molecule has 0 bridgehead atoms. The summed E-state index contributed by atoms with van der Waals surface area (Å²) in [6, 6.07) is 7.50. The second-order valence-electron chi connectivity index (χ2n) is 8.19. The highest BCUT2D eigenvalue weighted by Gasteiger charge is 2.33. The summed E-state index contributed by atoms with van der Waals surface area (Å²) in [4.78, 5) is 33.5. The van der Waals surface area contributed by atoms with Crippen LogP contribution in [-0.2, 0) is 16.0 Å². The number of aromatic nitrogens is 1. The van der Waals surface area contributed by atoms with Gasteiger partial charge < -0.3 is 14.2 Å². The average Bonchev–Trinajstić information content (AvgIpc) is 3.13. The van der Waals surface area contributed by atoms with Gasteiger partial charge in [0.2, 0.25) is 17.7 Å². The fraction of sp³-hybridized carbons (Fsp3) is 0.522. The third kappa shape index (κ3) is 5.04. The van der Waals surface area contributed by atoms with E-state index in [1.165, 1.54) is 0 Å². The molecule has 1 aromatic carbocycles. The number of nitrogens with zero attached hydrogens (tertiary/aromatic N) is 3. The minimum Gasteiger partial charge on any atom is -0.443 e. The zero-order valence-electron chi connectivity index (χ0n) is 17.2.